The lowest BCUT2D eigenvalue weighted by molar-refractivity contribution is 0.133. The average molecular weight is 1000 g/mol. The molecule has 70 heavy (non-hydrogen) atoms. The summed E-state index contributed by atoms with van der Waals surface area (Å²) in [5.41, 5.74) is 8.93. The zero-order chi connectivity index (χ0) is 50.2. The fraction of sp³-hybridized carbons (Fsp3) is 0.263. The Morgan fingerprint density at radius 3 is 1.06 bits per heavy atom. The predicted molar refractivity (Wildman–Crippen MR) is 284 cm³/mol. The van der Waals surface area contributed by atoms with Crippen LogP contribution in [0.3, 0.4) is 0 Å². The second kappa shape index (κ2) is 22.3. The van der Waals surface area contributed by atoms with Crippen LogP contribution < -0.4 is 32.1 Å². The number of hydrogen-bond acceptors (Lipinski definition) is 10. The van der Waals surface area contributed by atoms with Crippen LogP contribution in [-0.2, 0) is 13.7 Å². The van der Waals surface area contributed by atoms with Crippen molar-refractivity contribution in [3.63, 3.8) is 0 Å². The Balaban J connectivity index is 1.03. The fourth-order valence-electron chi connectivity index (χ4n) is 7.96. The van der Waals surface area contributed by atoms with Crippen LogP contribution in [0.1, 0.15) is 80.3 Å². The van der Waals surface area contributed by atoms with Crippen LogP contribution in [0, 0.1) is 41.5 Å². The highest BCUT2D eigenvalue weighted by atomic mass is 31.2. The van der Waals surface area contributed by atoms with Crippen molar-refractivity contribution < 1.29 is 45.8 Å². The van der Waals surface area contributed by atoms with Gasteiger partial charge in [-0.3, -0.25) is 9.13 Å². The normalized spacial score (nSPS) is 14.0. The molecule has 366 valence electrons. The van der Waals surface area contributed by atoms with Gasteiger partial charge in [0.15, 0.2) is 10.7 Å². The Labute approximate surface area is 414 Å². The molecule has 0 spiro atoms. The monoisotopic (exact) mass is 1000 g/mol. The summed E-state index contributed by atoms with van der Waals surface area (Å²) in [7, 11) is -9.76. The van der Waals surface area contributed by atoms with Crippen LogP contribution in [0.25, 0.3) is 22.3 Å². The van der Waals surface area contributed by atoms with Crippen molar-refractivity contribution in [3.8, 4) is 62.5 Å². The maximum atomic E-state index is 14.7. The Bertz CT molecular complexity index is 2940. The second-order valence-corrected chi connectivity index (χ2v) is 22.7. The molecule has 0 aliphatic rings. The quantitative estimate of drug-likeness (QED) is 0.0644. The van der Waals surface area contributed by atoms with Gasteiger partial charge in [0.05, 0.1) is 0 Å². The van der Waals surface area contributed by atoms with Gasteiger partial charge in [0, 0.05) is 0 Å². The van der Waals surface area contributed by atoms with Gasteiger partial charge in [-0.1, -0.05) is 124 Å². The summed E-state index contributed by atoms with van der Waals surface area (Å²) in [5, 5.41) is -1.97. The van der Waals surface area contributed by atoms with Crippen LogP contribution in [0.2, 0.25) is 0 Å². The summed E-state index contributed by atoms with van der Waals surface area (Å²) in [4.78, 5) is 0. The highest BCUT2D eigenvalue weighted by molar-refractivity contribution is 7.49. The molecule has 0 saturated carbocycles. The summed E-state index contributed by atoms with van der Waals surface area (Å²) in [6.45, 7) is 19.4. The van der Waals surface area contributed by atoms with Gasteiger partial charge in [-0.05, 0) is 172 Å². The van der Waals surface area contributed by atoms with E-state index in [1.54, 1.807) is 48.5 Å². The number of phosphoric acid groups is 1. The molecule has 0 fully saturated rings. The van der Waals surface area contributed by atoms with Gasteiger partial charge in [0.25, 0.3) is 16.1 Å². The van der Waals surface area contributed by atoms with E-state index in [9.17, 15) is 13.7 Å². The summed E-state index contributed by atoms with van der Waals surface area (Å²) < 4.78 is 85.6. The van der Waals surface area contributed by atoms with E-state index in [2.05, 4.69) is 0 Å². The van der Waals surface area contributed by atoms with Crippen LogP contribution in [0.15, 0.2) is 152 Å². The fourth-order valence-corrected chi connectivity index (χ4v) is 11.7. The smallest absolute Gasteiger partial charge is 0.476 e. The molecule has 7 rings (SSSR count). The van der Waals surface area contributed by atoms with Crippen LogP contribution >= 0.6 is 23.9 Å². The Hall–Kier alpha value is -6.17. The maximum Gasteiger partial charge on any atom is 0.647 e. The van der Waals surface area contributed by atoms with Crippen molar-refractivity contribution in [1.82, 2.24) is 0 Å². The molecule has 0 radical (unpaired) electrons. The number of para-hydroxylation sites is 3. The number of phosphoric ester groups is 1. The van der Waals surface area contributed by atoms with Gasteiger partial charge in [-0.2, -0.15) is 4.57 Å². The molecule has 0 aromatic heterocycles. The average Bonchev–Trinajstić information content (AvgIpc) is 3.35. The van der Waals surface area contributed by atoms with Crippen molar-refractivity contribution in [2.24, 2.45) is 0 Å². The Morgan fingerprint density at radius 1 is 0.400 bits per heavy atom. The van der Waals surface area contributed by atoms with E-state index in [1.165, 1.54) is 0 Å². The van der Waals surface area contributed by atoms with Gasteiger partial charge in [0.1, 0.15) is 40.2 Å². The van der Waals surface area contributed by atoms with Gasteiger partial charge < -0.3 is 32.1 Å². The van der Waals surface area contributed by atoms with E-state index in [4.69, 9.17) is 32.1 Å². The SMILES string of the molecule is CCC(C)(Oc1c(C)cccc1C)[PH](=O)Oc1ccc(-c2ccc(OP(=O)(Oc3ccc(-c4ccc(O[PH](=O)C(CC)(CC)Oc5c(C)cccc5C)cc4)cc3)Oc3c(C)cccc3C)cc2)cc1. The predicted octanol–water partition coefficient (Wildman–Crippen LogP) is 17.0. The van der Waals surface area contributed by atoms with E-state index in [1.807, 2.05) is 172 Å². The third-order valence-corrected chi connectivity index (χ3v) is 17.6. The first-order chi connectivity index (χ1) is 33.5. The lowest BCUT2D eigenvalue weighted by atomic mass is 10.1. The van der Waals surface area contributed by atoms with E-state index >= 15 is 0 Å². The molecular formula is C57H63O10P3. The summed E-state index contributed by atoms with van der Waals surface area (Å²) in [5.74, 6) is 3.35. The van der Waals surface area contributed by atoms with Crippen LogP contribution in [0.4, 0.5) is 0 Å². The number of benzene rings is 7. The van der Waals surface area contributed by atoms with E-state index in [0.717, 1.165) is 67.1 Å². The molecule has 0 aliphatic carbocycles. The summed E-state index contributed by atoms with van der Waals surface area (Å²) >= 11 is 0. The molecule has 0 saturated heterocycles. The molecule has 10 nitrogen and oxygen atoms in total. The molecule has 13 heteroatoms. The molecule has 7 aromatic rings. The first-order valence-corrected chi connectivity index (χ1v) is 27.7. The Kier molecular flexibility index (Phi) is 16.4. The lowest BCUT2D eigenvalue weighted by Gasteiger charge is -2.33. The number of aryl methyl sites for hydroxylation is 6. The zero-order valence-electron chi connectivity index (χ0n) is 41.6. The van der Waals surface area contributed by atoms with Crippen LogP contribution in [0.5, 0.6) is 40.2 Å². The Morgan fingerprint density at radius 2 is 0.714 bits per heavy atom. The highest BCUT2D eigenvalue weighted by Crippen LogP contribution is 2.52. The minimum atomic E-state index is -4.35. The second-order valence-electron chi connectivity index (χ2n) is 17.8. The third-order valence-electron chi connectivity index (χ3n) is 12.6. The summed E-state index contributed by atoms with van der Waals surface area (Å²) in [6, 6.07) is 46.4. The minimum absolute atomic E-state index is 0.271. The van der Waals surface area contributed by atoms with Gasteiger partial charge in [0.2, 0.25) is 0 Å². The van der Waals surface area contributed by atoms with Crippen molar-refractivity contribution in [3.05, 3.63) is 185 Å². The molecule has 7 aromatic carbocycles. The molecule has 0 heterocycles. The first kappa shape index (κ1) is 51.7. The molecule has 0 N–H and O–H groups in total. The molecule has 0 bridgehead atoms. The third kappa shape index (κ3) is 12.0. The first-order valence-electron chi connectivity index (χ1n) is 23.6. The van der Waals surface area contributed by atoms with Crippen molar-refractivity contribution in [1.29, 1.82) is 0 Å². The van der Waals surface area contributed by atoms with Gasteiger partial charge in [-0.15, -0.1) is 0 Å². The van der Waals surface area contributed by atoms with E-state index < -0.39 is 34.6 Å². The lowest BCUT2D eigenvalue weighted by Crippen LogP contribution is -2.32. The summed E-state index contributed by atoms with van der Waals surface area (Å²) in [6.07, 6.45) is 1.54. The minimum Gasteiger partial charge on any atom is -0.476 e. The zero-order valence-corrected chi connectivity index (χ0v) is 44.5. The van der Waals surface area contributed by atoms with E-state index in [-0.39, 0.29) is 11.5 Å². The highest BCUT2D eigenvalue weighted by Gasteiger charge is 2.39. The topological polar surface area (TPSA) is 116 Å². The van der Waals surface area contributed by atoms with Crippen molar-refractivity contribution in [2.45, 2.75) is 99.2 Å². The molecular weight excluding hydrogens is 938 g/mol. The molecule has 0 aliphatic heterocycles. The van der Waals surface area contributed by atoms with Crippen molar-refractivity contribution >= 4 is 23.9 Å². The van der Waals surface area contributed by atoms with E-state index in [0.29, 0.717) is 36.5 Å². The largest absolute Gasteiger partial charge is 0.647 e. The van der Waals surface area contributed by atoms with Gasteiger partial charge in [-0.25, -0.2) is 0 Å². The van der Waals surface area contributed by atoms with Crippen LogP contribution in [-0.4, -0.2) is 10.7 Å². The standard InChI is InChI=1S/C57H63O10P3/c1-11-56(10,61-53-39(4)17-14-18-40(53)5)68(58)63-49-31-23-45(24-32-49)47-27-35-51(36-28-47)65-70(60,67-55-43(8)21-16-22-44(55)9)66-52-37-29-48(30-38-52)46-25-33-50(34-26-46)64-69(59)57(12-2,13-3)62-54-41(6)19-15-20-42(54)7/h14-38,68-69H,11-13H2,1-10H3. The van der Waals surface area contributed by atoms with Gasteiger partial charge >= 0.3 is 7.82 Å². The maximum absolute atomic E-state index is 14.7. The number of rotatable bonds is 21. The van der Waals surface area contributed by atoms with Crippen molar-refractivity contribution in [2.75, 3.05) is 0 Å². The molecule has 0 amide bonds. The number of ether oxygens (including phenoxy) is 2. The molecule has 4 unspecified atom stereocenters. The molecule has 4 atom stereocenters. The number of hydrogen-bond donors (Lipinski definition) is 0.